The Morgan fingerprint density at radius 1 is 1.54 bits per heavy atom. The fourth-order valence-electron chi connectivity index (χ4n) is 0.965. The van der Waals surface area contributed by atoms with Crippen molar-refractivity contribution in [1.29, 1.82) is 0 Å². The number of allylic oxidation sites excluding steroid dienone is 2. The van der Waals surface area contributed by atoms with Crippen molar-refractivity contribution in [3.8, 4) is 0 Å². The van der Waals surface area contributed by atoms with Gasteiger partial charge in [0, 0.05) is 0 Å². The topological polar surface area (TPSA) is 37.3 Å². The van der Waals surface area contributed by atoms with Gasteiger partial charge in [-0.25, -0.2) is 0 Å². The molecule has 0 aromatic rings. The van der Waals surface area contributed by atoms with E-state index in [0.717, 1.165) is 6.08 Å². The first kappa shape index (κ1) is 10.4. The molecule has 1 aliphatic rings. The van der Waals surface area contributed by atoms with Crippen molar-refractivity contribution < 1.29 is 23.1 Å². The smallest absolute Gasteiger partial charge is 0.426 e. The van der Waals surface area contributed by atoms with Gasteiger partial charge in [0.15, 0.2) is 0 Å². The molecule has 13 heavy (non-hydrogen) atoms. The summed E-state index contributed by atoms with van der Waals surface area (Å²) in [5.41, 5.74) is 0. The molecule has 1 N–H and O–H groups in total. The van der Waals surface area contributed by atoms with Gasteiger partial charge in [0.25, 0.3) is 0 Å². The minimum absolute atomic E-state index is 0.238. The predicted octanol–water partition coefficient (Wildman–Crippen LogP) is 2.39. The van der Waals surface area contributed by atoms with Crippen LogP contribution in [0.3, 0.4) is 0 Å². The van der Waals surface area contributed by atoms with Crippen molar-refractivity contribution in [2.75, 3.05) is 0 Å². The molecule has 74 valence electrons. The average Bonchev–Trinajstić information content (AvgIpc) is 2.64. The zero-order valence-corrected chi connectivity index (χ0v) is 7.06. The van der Waals surface area contributed by atoms with Crippen molar-refractivity contribution in [2.24, 2.45) is 11.8 Å². The van der Waals surface area contributed by atoms with Gasteiger partial charge in [-0.3, -0.25) is 4.79 Å². The van der Waals surface area contributed by atoms with E-state index in [0.29, 0.717) is 0 Å². The van der Waals surface area contributed by atoms with Crippen molar-refractivity contribution in [3.63, 3.8) is 0 Å². The van der Waals surface area contributed by atoms with Gasteiger partial charge in [-0.05, 0) is 12.3 Å². The second-order valence-corrected chi connectivity index (χ2v) is 3.26. The minimum atomic E-state index is -4.56. The number of carbonyl (C=O) groups is 1. The predicted molar refractivity (Wildman–Crippen MR) is 39.2 cm³/mol. The number of rotatable bonds is 2. The second kappa shape index (κ2) is 3.21. The SMILES string of the molecule is O=C(O)C1CC1/C=C(\Cl)C(F)(F)F. The van der Waals surface area contributed by atoms with Crippen LogP contribution < -0.4 is 0 Å². The summed E-state index contributed by atoms with van der Waals surface area (Å²) in [6.45, 7) is 0. The van der Waals surface area contributed by atoms with Gasteiger partial charge in [-0.2, -0.15) is 13.2 Å². The van der Waals surface area contributed by atoms with Crippen molar-refractivity contribution >= 4 is 17.6 Å². The molecule has 0 radical (unpaired) electrons. The minimum Gasteiger partial charge on any atom is -0.481 e. The molecular formula is C7H6ClF3O2. The molecule has 1 aliphatic carbocycles. The first-order valence-corrected chi connectivity index (χ1v) is 3.87. The van der Waals surface area contributed by atoms with Crippen LogP contribution in [0.5, 0.6) is 0 Å². The molecule has 0 amide bonds. The number of carboxylic acids is 1. The number of carboxylic acid groups (broad SMARTS) is 1. The molecule has 1 rings (SSSR count). The highest BCUT2D eigenvalue weighted by Gasteiger charge is 2.44. The Morgan fingerprint density at radius 3 is 2.38 bits per heavy atom. The quantitative estimate of drug-likeness (QED) is 0.766. The number of aliphatic carboxylic acids is 1. The van der Waals surface area contributed by atoms with Crippen LogP contribution in [0.1, 0.15) is 6.42 Å². The average molecular weight is 215 g/mol. The first-order valence-electron chi connectivity index (χ1n) is 3.49. The van der Waals surface area contributed by atoms with Crippen LogP contribution in [0.4, 0.5) is 13.2 Å². The summed E-state index contributed by atoms with van der Waals surface area (Å²) in [7, 11) is 0. The van der Waals surface area contributed by atoms with Crippen molar-refractivity contribution in [3.05, 3.63) is 11.1 Å². The van der Waals surface area contributed by atoms with Gasteiger partial charge in [-0.1, -0.05) is 17.7 Å². The normalized spacial score (nSPS) is 28.8. The van der Waals surface area contributed by atoms with Crippen molar-refractivity contribution in [1.82, 2.24) is 0 Å². The summed E-state index contributed by atoms with van der Waals surface area (Å²) < 4.78 is 35.5. The van der Waals surface area contributed by atoms with Crippen LogP contribution in [0.15, 0.2) is 11.1 Å². The second-order valence-electron chi connectivity index (χ2n) is 2.86. The van der Waals surface area contributed by atoms with Gasteiger partial charge in [0.1, 0.15) is 5.03 Å². The maximum Gasteiger partial charge on any atom is 0.426 e. The van der Waals surface area contributed by atoms with Crippen LogP contribution in [0.25, 0.3) is 0 Å². The third-order valence-corrected chi connectivity index (χ3v) is 2.13. The molecule has 0 bridgehead atoms. The third kappa shape index (κ3) is 2.62. The Labute approximate surface area is 77.0 Å². The molecule has 1 saturated carbocycles. The Morgan fingerprint density at radius 2 is 2.08 bits per heavy atom. The molecule has 0 aliphatic heterocycles. The fourth-order valence-corrected chi connectivity index (χ4v) is 1.13. The maximum absolute atomic E-state index is 11.8. The monoisotopic (exact) mass is 214 g/mol. The Hall–Kier alpha value is -0.710. The summed E-state index contributed by atoms with van der Waals surface area (Å²) in [6, 6.07) is 0. The number of hydrogen-bond donors (Lipinski definition) is 1. The lowest BCUT2D eigenvalue weighted by Crippen LogP contribution is -2.07. The molecule has 2 atom stereocenters. The van der Waals surface area contributed by atoms with Crippen molar-refractivity contribution in [2.45, 2.75) is 12.6 Å². The Balaban J connectivity index is 2.56. The maximum atomic E-state index is 11.8. The van der Waals surface area contributed by atoms with Gasteiger partial charge < -0.3 is 5.11 Å². The zero-order chi connectivity index (χ0) is 10.2. The van der Waals surface area contributed by atoms with E-state index in [2.05, 4.69) is 0 Å². The fraction of sp³-hybridized carbons (Fsp3) is 0.571. The van der Waals surface area contributed by atoms with Crippen LogP contribution in [0, 0.1) is 11.8 Å². The van der Waals surface area contributed by atoms with Crippen LogP contribution in [0.2, 0.25) is 0 Å². The largest absolute Gasteiger partial charge is 0.481 e. The molecule has 2 nitrogen and oxygen atoms in total. The highest BCUT2D eigenvalue weighted by atomic mass is 35.5. The van der Waals surface area contributed by atoms with Crippen LogP contribution >= 0.6 is 11.6 Å². The molecule has 0 aromatic carbocycles. The van der Waals surface area contributed by atoms with Gasteiger partial charge in [0.05, 0.1) is 5.92 Å². The summed E-state index contributed by atoms with van der Waals surface area (Å²) in [4.78, 5) is 10.2. The molecular weight excluding hydrogens is 209 g/mol. The molecule has 1 fully saturated rings. The van der Waals surface area contributed by atoms with Gasteiger partial charge >= 0.3 is 12.1 Å². The summed E-state index contributed by atoms with van der Waals surface area (Å²) in [6.07, 6.45) is -3.56. The van der Waals surface area contributed by atoms with E-state index in [1.807, 2.05) is 0 Å². The van der Waals surface area contributed by atoms with E-state index < -0.39 is 29.0 Å². The van der Waals surface area contributed by atoms with Gasteiger partial charge in [0.2, 0.25) is 0 Å². The number of halogens is 4. The molecule has 0 saturated heterocycles. The van der Waals surface area contributed by atoms with Gasteiger partial charge in [-0.15, -0.1) is 0 Å². The Bertz CT molecular complexity index is 259. The third-order valence-electron chi connectivity index (χ3n) is 1.79. The molecule has 0 aromatic heterocycles. The molecule has 6 heteroatoms. The van der Waals surface area contributed by atoms with E-state index in [1.54, 1.807) is 0 Å². The first-order chi connectivity index (χ1) is 5.82. The summed E-state index contributed by atoms with van der Waals surface area (Å²) in [5.74, 6) is -2.34. The van der Waals surface area contributed by atoms with Crippen LogP contribution in [-0.2, 0) is 4.79 Å². The number of alkyl halides is 3. The lowest BCUT2D eigenvalue weighted by molar-refractivity contribution is -0.138. The van der Waals surface area contributed by atoms with E-state index in [4.69, 9.17) is 16.7 Å². The molecule has 0 heterocycles. The standard InChI is InChI=1S/C7H6ClF3O2/c8-5(7(9,10)11)2-3-1-4(3)6(12)13/h2-4H,1H2,(H,12,13)/b5-2-. The summed E-state index contributed by atoms with van der Waals surface area (Å²) in [5, 5.41) is 7.15. The molecule has 2 unspecified atom stereocenters. The highest BCUT2D eigenvalue weighted by Crippen LogP contribution is 2.43. The van der Waals surface area contributed by atoms with E-state index in [9.17, 15) is 18.0 Å². The lowest BCUT2D eigenvalue weighted by Gasteiger charge is -2.02. The lowest BCUT2D eigenvalue weighted by atomic mass is 10.3. The van der Waals surface area contributed by atoms with E-state index in [1.165, 1.54) is 0 Å². The number of hydrogen-bond acceptors (Lipinski definition) is 1. The van der Waals surface area contributed by atoms with E-state index in [-0.39, 0.29) is 6.42 Å². The molecule has 0 spiro atoms. The highest BCUT2D eigenvalue weighted by molar-refractivity contribution is 6.30. The Kier molecular flexibility index (Phi) is 2.56. The van der Waals surface area contributed by atoms with Crippen LogP contribution in [-0.4, -0.2) is 17.3 Å². The zero-order valence-electron chi connectivity index (χ0n) is 6.31. The van der Waals surface area contributed by atoms with E-state index >= 15 is 0 Å². The summed E-state index contributed by atoms with van der Waals surface area (Å²) >= 11 is 4.91.